The molecule has 0 aliphatic heterocycles. The van der Waals surface area contributed by atoms with Crippen molar-refractivity contribution in [2.45, 2.75) is 0 Å². The van der Waals surface area contributed by atoms with Crippen LogP contribution < -0.4 is 4.74 Å². The first-order valence-corrected chi connectivity index (χ1v) is 6.98. The molecule has 3 rings (SSSR count). The van der Waals surface area contributed by atoms with Gasteiger partial charge in [0, 0.05) is 17.3 Å². The maximum Gasteiger partial charge on any atom is 0.335 e. The first-order chi connectivity index (χ1) is 11.2. The first-order valence-electron chi connectivity index (χ1n) is 6.98. The van der Waals surface area contributed by atoms with Gasteiger partial charge in [-0.3, -0.25) is 0 Å². The molecular formula is C18H14N2O3. The lowest BCUT2D eigenvalue weighted by Gasteiger charge is -2.06. The van der Waals surface area contributed by atoms with E-state index < -0.39 is 5.97 Å². The van der Waals surface area contributed by atoms with E-state index in [1.54, 1.807) is 37.6 Å². The number of carbonyl (C=O) groups is 1. The van der Waals surface area contributed by atoms with E-state index >= 15 is 0 Å². The van der Waals surface area contributed by atoms with Gasteiger partial charge in [-0.1, -0.05) is 12.1 Å². The average molecular weight is 306 g/mol. The molecule has 2 aromatic carbocycles. The maximum absolute atomic E-state index is 10.9. The number of carboxylic acids is 1. The minimum Gasteiger partial charge on any atom is -0.497 e. The molecule has 23 heavy (non-hydrogen) atoms. The summed E-state index contributed by atoms with van der Waals surface area (Å²) in [7, 11) is 1.62. The van der Waals surface area contributed by atoms with E-state index in [1.807, 2.05) is 30.3 Å². The Hall–Kier alpha value is -3.21. The Kier molecular flexibility index (Phi) is 4.01. The number of benzene rings is 2. The molecule has 1 N–H and O–H groups in total. The molecule has 5 nitrogen and oxygen atoms in total. The number of hydrogen-bond donors (Lipinski definition) is 1. The Morgan fingerprint density at radius 2 is 1.61 bits per heavy atom. The molecule has 1 heterocycles. The smallest absolute Gasteiger partial charge is 0.335 e. The highest BCUT2D eigenvalue weighted by molar-refractivity contribution is 5.88. The third-order valence-corrected chi connectivity index (χ3v) is 3.43. The Labute approximate surface area is 133 Å². The maximum atomic E-state index is 10.9. The average Bonchev–Trinajstić information content (AvgIpc) is 2.62. The van der Waals surface area contributed by atoms with Crippen LogP contribution in [-0.4, -0.2) is 28.2 Å². The molecule has 0 fully saturated rings. The van der Waals surface area contributed by atoms with E-state index in [0.29, 0.717) is 5.82 Å². The van der Waals surface area contributed by atoms with Gasteiger partial charge in [0.15, 0.2) is 5.82 Å². The fourth-order valence-corrected chi connectivity index (χ4v) is 2.18. The highest BCUT2D eigenvalue weighted by atomic mass is 16.5. The molecule has 0 saturated heterocycles. The summed E-state index contributed by atoms with van der Waals surface area (Å²) in [6.07, 6.45) is 1.69. The van der Waals surface area contributed by atoms with Crippen LogP contribution in [0.25, 0.3) is 22.6 Å². The summed E-state index contributed by atoms with van der Waals surface area (Å²) >= 11 is 0. The van der Waals surface area contributed by atoms with Gasteiger partial charge in [-0.05, 0) is 42.5 Å². The number of aromatic nitrogens is 2. The van der Waals surface area contributed by atoms with Gasteiger partial charge in [0.25, 0.3) is 0 Å². The number of methoxy groups -OCH3 is 1. The van der Waals surface area contributed by atoms with Crippen molar-refractivity contribution in [3.05, 3.63) is 66.4 Å². The lowest BCUT2D eigenvalue weighted by atomic mass is 10.1. The molecule has 0 aliphatic carbocycles. The third-order valence-electron chi connectivity index (χ3n) is 3.43. The summed E-state index contributed by atoms with van der Waals surface area (Å²) in [6.45, 7) is 0. The van der Waals surface area contributed by atoms with Crippen LogP contribution >= 0.6 is 0 Å². The van der Waals surface area contributed by atoms with Crippen molar-refractivity contribution in [2.24, 2.45) is 0 Å². The minimum absolute atomic E-state index is 0.236. The molecule has 5 heteroatoms. The summed E-state index contributed by atoms with van der Waals surface area (Å²) in [6, 6.07) is 15.9. The Morgan fingerprint density at radius 1 is 0.957 bits per heavy atom. The second-order valence-electron chi connectivity index (χ2n) is 4.88. The summed E-state index contributed by atoms with van der Waals surface area (Å²) in [5.74, 6) is 0.381. The lowest BCUT2D eigenvalue weighted by molar-refractivity contribution is 0.0697. The monoisotopic (exact) mass is 306 g/mol. The zero-order valence-electron chi connectivity index (χ0n) is 12.4. The highest BCUT2D eigenvalue weighted by Gasteiger charge is 2.07. The van der Waals surface area contributed by atoms with Crippen LogP contribution in [0, 0.1) is 0 Å². The van der Waals surface area contributed by atoms with Crippen molar-refractivity contribution in [3.8, 4) is 28.4 Å². The van der Waals surface area contributed by atoms with Crippen LogP contribution in [0.1, 0.15) is 10.4 Å². The van der Waals surface area contributed by atoms with E-state index in [-0.39, 0.29) is 5.56 Å². The van der Waals surface area contributed by atoms with Gasteiger partial charge in [0.1, 0.15) is 5.75 Å². The van der Waals surface area contributed by atoms with E-state index in [1.165, 1.54) is 0 Å². The second kappa shape index (κ2) is 6.27. The van der Waals surface area contributed by atoms with Crippen LogP contribution in [0.15, 0.2) is 60.8 Å². The number of aromatic carboxylic acids is 1. The summed E-state index contributed by atoms with van der Waals surface area (Å²) in [5.41, 5.74) is 2.75. The van der Waals surface area contributed by atoms with E-state index in [2.05, 4.69) is 9.97 Å². The van der Waals surface area contributed by atoms with Crippen LogP contribution in [0.3, 0.4) is 0 Å². The van der Waals surface area contributed by atoms with Gasteiger partial charge in [-0.2, -0.15) is 0 Å². The summed E-state index contributed by atoms with van der Waals surface area (Å²) < 4.78 is 5.15. The molecule has 0 aliphatic rings. The zero-order valence-corrected chi connectivity index (χ0v) is 12.4. The number of nitrogens with zero attached hydrogens (tertiary/aromatic N) is 2. The van der Waals surface area contributed by atoms with Crippen molar-refractivity contribution in [2.75, 3.05) is 7.11 Å². The molecule has 114 valence electrons. The molecule has 1 aromatic heterocycles. The molecule has 3 aromatic rings. The van der Waals surface area contributed by atoms with Gasteiger partial charge in [0.2, 0.25) is 0 Å². The van der Waals surface area contributed by atoms with Crippen molar-refractivity contribution >= 4 is 5.97 Å². The number of carboxylic acid groups (broad SMARTS) is 1. The molecule has 0 atom stereocenters. The van der Waals surface area contributed by atoms with Gasteiger partial charge >= 0.3 is 5.97 Å². The molecule has 0 unspecified atom stereocenters. The SMILES string of the molecule is COc1ccc(-c2ccnc(-c3ccc(C(=O)O)cc3)n2)cc1. The van der Waals surface area contributed by atoms with Gasteiger partial charge in [0.05, 0.1) is 18.4 Å². The fraction of sp³-hybridized carbons (Fsp3) is 0.0556. The number of hydrogen-bond acceptors (Lipinski definition) is 4. The Balaban J connectivity index is 1.93. The van der Waals surface area contributed by atoms with Gasteiger partial charge in [-0.15, -0.1) is 0 Å². The highest BCUT2D eigenvalue weighted by Crippen LogP contribution is 2.23. The molecule has 0 saturated carbocycles. The Morgan fingerprint density at radius 3 is 2.22 bits per heavy atom. The van der Waals surface area contributed by atoms with Gasteiger partial charge in [-0.25, -0.2) is 14.8 Å². The van der Waals surface area contributed by atoms with Crippen LogP contribution in [0.4, 0.5) is 0 Å². The fourth-order valence-electron chi connectivity index (χ4n) is 2.18. The zero-order chi connectivity index (χ0) is 16.2. The third kappa shape index (κ3) is 3.18. The van der Waals surface area contributed by atoms with Crippen molar-refractivity contribution < 1.29 is 14.6 Å². The van der Waals surface area contributed by atoms with E-state index in [9.17, 15) is 4.79 Å². The predicted octanol–water partition coefficient (Wildman–Crippen LogP) is 3.52. The van der Waals surface area contributed by atoms with E-state index in [4.69, 9.17) is 9.84 Å². The normalized spacial score (nSPS) is 10.3. The molecular weight excluding hydrogens is 292 g/mol. The standard InChI is InChI=1S/C18H14N2O3/c1-23-15-8-6-12(7-9-15)16-10-11-19-17(20-16)13-2-4-14(5-3-13)18(21)22/h2-11H,1H3,(H,21,22). The van der Waals surface area contributed by atoms with Gasteiger partial charge < -0.3 is 9.84 Å². The number of ether oxygens (including phenoxy) is 1. The lowest BCUT2D eigenvalue weighted by Crippen LogP contribution is -1.96. The molecule has 0 radical (unpaired) electrons. The Bertz CT molecular complexity index is 828. The second-order valence-corrected chi connectivity index (χ2v) is 4.88. The quantitative estimate of drug-likeness (QED) is 0.798. The number of rotatable bonds is 4. The van der Waals surface area contributed by atoms with Crippen LogP contribution in [0.5, 0.6) is 5.75 Å². The topological polar surface area (TPSA) is 72.3 Å². The molecule has 0 bridgehead atoms. The summed E-state index contributed by atoms with van der Waals surface area (Å²) in [5, 5.41) is 8.94. The largest absolute Gasteiger partial charge is 0.497 e. The van der Waals surface area contributed by atoms with Crippen molar-refractivity contribution in [1.29, 1.82) is 0 Å². The predicted molar refractivity (Wildman–Crippen MR) is 86.4 cm³/mol. The molecule has 0 amide bonds. The van der Waals surface area contributed by atoms with E-state index in [0.717, 1.165) is 22.6 Å². The van der Waals surface area contributed by atoms with Crippen molar-refractivity contribution in [1.82, 2.24) is 9.97 Å². The minimum atomic E-state index is -0.954. The molecule has 0 spiro atoms. The first kappa shape index (κ1) is 14.7. The van der Waals surface area contributed by atoms with Crippen molar-refractivity contribution in [3.63, 3.8) is 0 Å². The van der Waals surface area contributed by atoms with Crippen LogP contribution in [-0.2, 0) is 0 Å². The van der Waals surface area contributed by atoms with Crippen LogP contribution in [0.2, 0.25) is 0 Å². The summed E-state index contributed by atoms with van der Waals surface area (Å²) in [4.78, 5) is 19.7.